The van der Waals surface area contributed by atoms with E-state index in [4.69, 9.17) is 10.8 Å². The quantitative estimate of drug-likeness (QED) is 0.666. The zero-order chi connectivity index (χ0) is 9.97. The molecule has 1 aromatic carbocycles. The second kappa shape index (κ2) is 3.81. The number of aromatic nitrogens is 1. The fraction of sp³-hybridized carbons (Fsp3) is 0.222. The van der Waals surface area contributed by atoms with Crippen LogP contribution in [0.4, 0.5) is 10.8 Å². The predicted molar refractivity (Wildman–Crippen MR) is 59.6 cm³/mol. The van der Waals surface area contributed by atoms with Gasteiger partial charge in [0.15, 0.2) is 5.13 Å². The molecular formula is C9H11N3OS. The van der Waals surface area contributed by atoms with Gasteiger partial charge in [0.1, 0.15) is 0 Å². The molecule has 0 fully saturated rings. The Morgan fingerprint density at radius 3 is 3.14 bits per heavy atom. The number of thiazole rings is 1. The zero-order valence-corrected chi connectivity index (χ0v) is 8.34. The fourth-order valence-corrected chi connectivity index (χ4v) is 2.12. The van der Waals surface area contributed by atoms with Crippen molar-refractivity contribution in [1.82, 2.24) is 4.98 Å². The SMILES string of the molecule is Nc1ccc2nc(NCCO)sc2c1. The minimum atomic E-state index is 0.109. The van der Waals surface area contributed by atoms with Crippen LogP contribution < -0.4 is 11.1 Å². The topological polar surface area (TPSA) is 71.2 Å². The molecule has 1 heterocycles. The van der Waals surface area contributed by atoms with Crippen LogP contribution in [0.25, 0.3) is 10.2 Å². The molecule has 0 radical (unpaired) electrons. The van der Waals surface area contributed by atoms with E-state index >= 15 is 0 Å². The monoisotopic (exact) mass is 209 g/mol. The Morgan fingerprint density at radius 2 is 2.36 bits per heavy atom. The van der Waals surface area contributed by atoms with Crippen LogP contribution in [0.5, 0.6) is 0 Å². The van der Waals surface area contributed by atoms with Gasteiger partial charge in [-0.1, -0.05) is 11.3 Å². The van der Waals surface area contributed by atoms with Crippen molar-refractivity contribution < 1.29 is 5.11 Å². The number of nitrogens with zero attached hydrogens (tertiary/aromatic N) is 1. The Kier molecular flexibility index (Phi) is 2.51. The lowest BCUT2D eigenvalue weighted by Crippen LogP contribution is -2.04. The first-order valence-corrected chi connectivity index (χ1v) is 5.12. The Balaban J connectivity index is 2.32. The van der Waals surface area contributed by atoms with Gasteiger partial charge < -0.3 is 16.2 Å². The summed E-state index contributed by atoms with van der Waals surface area (Å²) < 4.78 is 1.06. The van der Waals surface area contributed by atoms with Crippen LogP contribution in [0.2, 0.25) is 0 Å². The number of benzene rings is 1. The van der Waals surface area contributed by atoms with E-state index in [0.29, 0.717) is 6.54 Å². The van der Waals surface area contributed by atoms with Crippen molar-refractivity contribution in [3.8, 4) is 0 Å². The lowest BCUT2D eigenvalue weighted by Gasteiger charge is -1.95. The van der Waals surface area contributed by atoms with Crippen LogP contribution in [-0.2, 0) is 0 Å². The Morgan fingerprint density at radius 1 is 1.50 bits per heavy atom. The smallest absolute Gasteiger partial charge is 0.183 e. The van der Waals surface area contributed by atoms with Crippen molar-refractivity contribution in [2.24, 2.45) is 0 Å². The highest BCUT2D eigenvalue weighted by atomic mass is 32.1. The molecule has 2 aromatic rings. The molecule has 0 saturated heterocycles. The van der Waals surface area contributed by atoms with Crippen LogP contribution >= 0.6 is 11.3 Å². The molecule has 0 amide bonds. The van der Waals surface area contributed by atoms with Crippen molar-refractivity contribution in [3.05, 3.63) is 18.2 Å². The van der Waals surface area contributed by atoms with Crippen LogP contribution in [0.1, 0.15) is 0 Å². The van der Waals surface area contributed by atoms with Crippen LogP contribution in [0.3, 0.4) is 0 Å². The molecule has 4 nitrogen and oxygen atoms in total. The minimum absolute atomic E-state index is 0.109. The molecule has 0 aliphatic carbocycles. The summed E-state index contributed by atoms with van der Waals surface area (Å²) in [6.45, 7) is 0.632. The van der Waals surface area contributed by atoms with E-state index in [1.54, 1.807) is 0 Å². The summed E-state index contributed by atoms with van der Waals surface area (Å²) in [6, 6.07) is 5.63. The van der Waals surface area contributed by atoms with Crippen molar-refractivity contribution in [1.29, 1.82) is 0 Å². The number of rotatable bonds is 3. The molecule has 0 aliphatic rings. The molecule has 0 spiro atoms. The number of anilines is 2. The van der Waals surface area contributed by atoms with Gasteiger partial charge in [-0.15, -0.1) is 0 Å². The Bertz CT molecular complexity index is 441. The molecule has 5 heteroatoms. The van der Waals surface area contributed by atoms with Gasteiger partial charge in [0.05, 0.1) is 16.8 Å². The number of nitrogens with one attached hydrogen (secondary N) is 1. The molecule has 1 aromatic heterocycles. The molecule has 4 N–H and O–H groups in total. The van der Waals surface area contributed by atoms with E-state index in [9.17, 15) is 0 Å². The summed E-state index contributed by atoms with van der Waals surface area (Å²) in [5, 5.41) is 12.5. The summed E-state index contributed by atoms with van der Waals surface area (Å²) in [4.78, 5) is 4.33. The van der Waals surface area contributed by atoms with Gasteiger partial charge in [0, 0.05) is 12.2 Å². The third-order valence-corrected chi connectivity index (χ3v) is 2.78. The average molecular weight is 209 g/mol. The van der Waals surface area contributed by atoms with Crippen molar-refractivity contribution in [2.75, 3.05) is 24.2 Å². The summed E-state index contributed by atoms with van der Waals surface area (Å²) in [5.41, 5.74) is 7.33. The van der Waals surface area contributed by atoms with E-state index in [1.807, 2.05) is 18.2 Å². The summed E-state index contributed by atoms with van der Waals surface area (Å²) in [6.07, 6.45) is 0. The average Bonchev–Trinajstić information content (AvgIpc) is 2.56. The number of nitrogens with two attached hydrogens (primary N) is 1. The molecule has 0 saturated carbocycles. The number of hydrogen-bond acceptors (Lipinski definition) is 5. The third kappa shape index (κ3) is 1.78. The molecular weight excluding hydrogens is 198 g/mol. The van der Waals surface area contributed by atoms with Crippen molar-refractivity contribution in [3.63, 3.8) is 0 Å². The molecule has 14 heavy (non-hydrogen) atoms. The van der Waals surface area contributed by atoms with E-state index in [-0.39, 0.29) is 6.61 Å². The molecule has 0 atom stereocenters. The normalized spacial score (nSPS) is 10.6. The fourth-order valence-electron chi connectivity index (χ4n) is 1.18. The second-order valence-corrected chi connectivity index (χ2v) is 3.93. The van der Waals surface area contributed by atoms with E-state index in [0.717, 1.165) is 21.0 Å². The first-order valence-electron chi connectivity index (χ1n) is 4.30. The number of nitrogen functional groups attached to an aromatic ring is 1. The maximum absolute atomic E-state index is 8.64. The van der Waals surface area contributed by atoms with Crippen LogP contribution in [-0.4, -0.2) is 23.2 Å². The third-order valence-electron chi connectivity index (χ3n) is 1.80. The van der Waals surface area contributed by atoms with Gasteiger partial charge in [-0.3, -0.25) is 0 Å². The maximum Gasteiger partial charge on any atom is 0.183 e. The first-order chi connectivity index (χ1) is 6.79. The molecule has 74 valence electrons. The second-order valence-electron chi connectivity index (χ2n) is 2.90. The maximum atomic E-state index is 8.64. The van der Waals surface area contributed by atoms with Crippen molar-refractivity contribution >= 4 is 32.4 Å². The molecule has 0 unspecified atom stereocenters. The van der Waals surface area contributed by atoms with Gasteiger partial charge in [-0.2, -0.15) is 0 Å². The first kappa shape index (κ1) is 9.23. The van der Waals surface area contributed by atoms with Crippen molar-refractivity contribution in [2.45, 2.75) is 0 Å². The highest BCUT2D eigenvalue weighted by Crippen LogP contribution is 2.27. The largest absolute Gasteiger partial charge is 0.399 e. The lowest BCUT2D eigenvalue weighted by molar-refractivity contribution is 0.311. The van der Waals surface area contributed by atoms with Crippen LogP contribution in [0, 0.1) is 0 Å². The van der Waals surface area contributed by atoms with Gasteiger partial charge in [0.2, 0.25) is 0 Å². The van der Waals surface area contributed by atoms with Gasteiger partial charge >= 0.3 is 0 Å². The van der Waals surface area contributed by atoms with Gasteiger partial charge in [-0.05, 0) is 18.2 Å². The zero-order valence-electron chi connectivity index (χ0n) is 7.53. The number of aliphatic hydroxyl groups is 1. The molecule has 0 bridgehead atoms. The summed E-state index contributed by atoms with van der Waals surface area (Å²) in [5.74, 6) is 0. The summed E-state index contributed by atoms with van der Waals surface area (Å²) >= 11 is 1.54. The number of aliphatic hydroxyl groups excluding tert-OH is 1. The molecule has 2 rings (SSSR count). The van der Waals surface area contributed by atoms with Gasteiger partial charge in [-0.25, -0.2) is 4.98 Å². The minimum Gasteiger partial charge on any atom is -0.399 e. The van der Waals surface area contributed by atoms with Gasteiger partial charge in [0.25, 0.3) is 0 Å². The number of fused-ring (bicyclic) bond motifs is 1. The highest BCUT2D eigenvalue weighted by Gasteiger charge is 2.02. The van der Waals surface area contributed by atoms with Crippen LogP contribution in [0.15, 0.2) is 18.2 Å². The lowest BCUT2D eigenvalue weighted by atomic mass is 10.3. The highest BCUT2D eigenvalue weighted by molar-refractivity contribution is 7.22. The molecule has 0 aliphatic heterocycles. The summed E-state index contributed by atoms with van der Waals surface area (Å²) in [7, 11) is 0. The van der Waals surface area contributed by atoms with E-state index in [1.165, 1.54) is 11.3 Å². The number of hydrogen-bond donors (Lipinski definition) is 3. The van der Waals surface area contributed by atoms with E-state index < -0.39 is 0 Å². The Hall–Kier alpha value is -1.33. The van der Waals surface area contributed by atoms with E-state index in [2.05, 4.69) is 10.3 Å². The Labute approximate surface area is 85.4 Å². The standard InChI is InChI=1S/C9H11N3OS/c10-6-1-2-7-8(5-6)14-9(12-7)11-3-4-13/h1-2,5,13H,3-4,10H2,(H,11,12). The predicted octanol–water partition coefficient (Wildman–Crippen LogP) is 1.28.